The lowest BCUT2D eigenvalue weighted by Crippen LogP contribution is -2.11. The van der Waals surface area contributed by atoms with E-state index >= 15 is 0 Å². The number of amides is 1. The van der Waals surface area contributed by atoms with Crippen LogP contribution in [-0.2, 0) is 11.2 Å². The summed E-state index contributed by atoms with van der Waals surface area (Å²) in [7, 11) is 0. The molecule has 0 saturated carbocycles. The van der Waals surface area contributed by atoms with Gasteiger partial charge in [-0.1, -0.05) is 36.4 Å². The average molecular weight is 392 g/mol. The molecule has 0 unspecified atom stereocenters. The third kappa shape index (κ3) is 4.73. The second-order valence-corrected chi connectivity index (χ2v) is 7.81. The Kier molecular flexibility index (Phi) is 6.45. The molecule has 9 heteroatoms. The maximum Gasteiger partial charge on any atom is 0.226 e. The monoisotopic (exact) mass is 391 g/mol. The van der Waals surface area contributed by atoms with Gasteiger partial charge in [-0.3, -0.25) is 4.79 Å². The van der Waals surface area contributed by atoms with Gasteiger partial charge in [0.15, 0.2) is 0 Å². The van der Waals surface area contributed by atoms with Gasteiger partial charge in [-0.05, 0) is 30.7 Å². The van der Waals surface area contributed by atoms with E-state index < -0.39 is 0 Å². The van der Waals surface area contributed by atoms with Crippen LogP contribution < -0.4 is 5.32 Å². The number of nitrogens with one attached hydrogen (secondary N) is 1. The number of hydrogen-bond donors (Lipinski definition) is 1. The molecule has 0 fully saturated rings. The Balaban J connectivity index is 1.44. The molecular formula is C17H21N5O2S2. The Morgan fingerprint density at radius 1 is 1.31 bits per heavy atom. The van der Waals surface area contributed by atoms with Crippen molar-refractivity contribution in [2.75, 3.05) is 5.32 Å². The van der Waals surface area contributed by atoms with Crippen LogP contribution in [0.5, 0.6) is 0 Å². The van der Waals surface area contributed by atoms with Crippen LogP contribution in [0, 0.1) is 0 Å². The van der Waals surface area contributed by atoms with E-state index in [1.807, 2.05) is 17.5 Å². The number of nitrogens with zero attached hydrogens (tertiary/aromatic N) is 4. The van der Waals surface area contributed by atoms with Crippen LogP contribution in [0.4, 0.5) is 5.13 Å². The number of carbonyl (C=O) groups excluding carboxylic acids is 1. The molecular weight excluding hydrogens is 370 g/mol. The molecule has 0 saturated heterocycles. The summed E-state index contributed by atoms with van der Waals surface area (Å²) in [5.41, 5.74) is 0. The summed E-state index contributed by atoms with van der Waals surface area (Å²) >= 11 is 3.02. The summed E-state index contributed by atoms with van der Waals surface area (Å²) in [6.07, 6.45) is 3.63. The maximum absolute atomic E-state index is 12.1. The van der Waals surface area contributed by atoms with E-state index in [0.29, 0.717) is 42.0 Å². The van der Waals surface area contributed by atoms with Crippen LogP contribution >= 0.6 is 22.7 Å². The Labute approximate surface area is 159 Å². The first-order chi connectivity index (χ1) is 12.7. The van der Waals surface area contributed by atoms with E-state index in [2.05, 4.69) is 39.5 Å². The third-order valence-corrected chi connectivity index (χ3v) is 5.89. The number of aryl methyl sites for hydroxylation is 1. The van der Waals surface area contributed by atoms with Crippen LogP contribution in [0.25, 0.3) is 10.7 Å². The highest BCUT2D eigenvalue weighted by Gasteiger charge is 2.15. The fourth-order valence-electron chi connectivity index (χ4n) is 2.53. The second-order valence-electron chi connectivity index (χ2n) is 5.85. The van der Waals surface area contributed by atoms with Crippen molar-refractivity contribution < 1.29 is 9.32 Å². The fraction of sp³-hybridized carbons (Fsp3) is 0.471. The predicted molar refractivity (Wildman–Crippen MR) is 102 cm³/mol. The summed E-state index contributed by atoms with van der Waals surface area (Å²) in [4.78, 5) is 17.4. The molecule has 0 aliphatic heterocycles. The van der Waals surface area contributed by atoms with Gasteiger partial charge in [0.25, 0.3) is 0 Å². The molecule has 3 aromatic rings. The zero-order valence-corrected chi connectivity index (χ0v) is 16.4. The van der Waals surface area contributed by atoms with Crippen molar-refractivity contribution in [3.63, 3.8) is 0 Å². The van der Waals surface area contributed by atoms with E-state index in [0.717, 1.165) is 22.7 Å². The molecule has 1 amide bonds. The molecule has 0 aromatic carbocycles. The van der Waals surface area contributed by atoms with Crippen LogP contribution in [-0.4, -0.2) is 26.2 Å². The molecule has 3 aromatic heterocycles. The van der Waals surface area contributed by atoms with Crippen LogP contribution in [0.3, 0.4) is 0 Å². The smallest absolute Gasteiger partial charge is 0.226 e. The molecule has 0 aliphatic carbocycles. The molecule has 0 aliphatic rings. The molecule has 0 bridgehead atoms. The molecule has 0 atom stereocenters. The summed E-state index contributed by atoms with van der Waals surface area (Å²) in [6, 6.07) is 3.90. The number of hydrogen-bond acceptors (Lipinski definition) is 8. The highest BCUT2D eigenvalue weighted by molar-refractivity contribution is 7.15. The largest absolute Gasteiger partial charge is 0.339 e. The van der Waals surface area contributed by atoms with Crippen molar-refractivity contribution in [2.45, 2.75) is 51.9 Å². The minimum Gasteiger partial charge on any atom is -0.339 e. The standard InChI is InChI=1S/C17H21N5O2S2/c1-3-11(4-2)16-20-21-17(26-16)18-13(23)8-5-9-14-19-15(22-24-14)12-7-6-10-25-12/h6-7,10-11H,3-5,8-9H2,1-2H3,(H,18,21,23). The lowest BCUT2D eigenvalue weighted by molar-refractivity contribution is -0.116. The lowest BCUT2D eigenvalue weighted by Gasteiger charge is -2.05. The van der Waals surface area contributed by atoms with Crippen molar-refractivity contribution in [1.29, 1.82) is 0 Å². The van der Waals surface area contributed by atoms with Crippen LogP contribution in [0.15, 0.2) is 22.0 Å². The van der Waals surface area contributed by atoms with Gasteiger partial charge in [0.2, 0.25) is 22.8 Å². The van der Waals surface area contributed by atoms with E-state index in [1.165, 1.54) is 11.3 Å². The molecule has 26 heavy (non-hydrogen) atoms. The Morgan fingerprint density at radius 2 is 2.15 bits per heavy atom. The minimum absolute atomic E-state index is 0.0738. The Hall–Kier alpha value is -2.13. The van der Waals surface area contributed by atoms with Gasteiger partial charge in [0.05, 0.1) is 4.88 Å². The third-order valence-electron chi connectivity index (χ3n) is 4.03. The molecule has 0 spiro atoms. The molecule has 1 N–H and O–H groups in total. The fourth-order valence-corrected chi connectivity index (χ4v) is 4.21. The summed E-state index contributed by atoms with van der Waals surface area (Å²) in [6.45, 7) is 4.27. The quantitative estimate of drug-likeness (QED) is 0.576. The summed E-state index contributed by atoms with van der Waals surface area (Å²) in [5, 5.41) is 18.6. The summed E-state index contributed by atoms with van der Waals surface area (Å²) in [5.74, 6) is 1.49. The van der Waals surface area contributed by atoms with Crippen molar-refractivity contribution in [3.8, 4) is 10.7 Å². The zero-order chi connectivity index (χ0) is 18.4. The first-order valence-corrected chi connectivity index (χ1v) is 10.4. The van der Waals surface area contributed by atoms with Gasteiger partial charge in [-0.2, -0.15) is 4.98 Å². The van der Waals surface area contributed by atoms with Gasteiger partial charge in [0.1, 0.15) is 5.01 Å². The number of carbonyl (C=O) groups is 1. The van der Waals surface area contributed by atoms with Gasteiger partial charge in [-0.15, -0.1) is 21.5 Å². The number of aromatic nitrogens is 4. The lowest BCUT2D eigenvalue weighted by atomic mass is 10.1. The maximum atomic E-state index is 12.1. The van der Waals surface area contributed by atoms with Crippen molar-refractivity contribution in [1.82, 2.24) is 20.3 Å². The first kappa shape index (κ1) is 18.7. The molecule has 7 nitrogen and oxygen atoms in total. The average Bonchev–Trinajstić information content (AvgIpc) is 3.37. The van der Waals surface area contributed by atoms with E-state index in [-0.39, 0.29) is 5.91 Å². The van der Waals surface area contributed by atoms with Crippen LogP contribution in [0.1, 0.15) is 56.3 Å². The van der Waals surface area contributed by atoms with Crippen LogP contribution in [0.2, 0.25) is 0 Å². The minimum atomic E-state index is -0.0738. The van der Waals surface area contributed by atoms with Crippen molar-refractivity contribution >= 4 is 33.7 Å². The molecule has 138 valence electrons. The molecule has 3 rings (SSSR count). The van der Waals surface area contributed by atoms with Gasteiger partial charge in [-0.25, -0.2) is 0 Å². The highest BCUT2D eigenvalue weighted by atomic mass is 32.1. The normalized spacial score (nSPS) is 11.2. The first-order valence-electron chi connectivity index (χ1n) is 8.69. The zero-order valence-electron chi connectivity index (χ0n) is 14.8. The van der Waals surface area contributed by atoms with E-state index in [4.69, 9.17) is 4.52 Å². The second kappa shape index (κ2) is 9.00. The Bertz CT molecular complexity index is 824. The highest BCUT2D eigenvalue weighted by Crippen LogP contribution is 2.28. The van der Waals surface area contributed by atoms with Crippen molar-refractivity contribution in [2.24, 2.45) is 0 Å². The van der Waals surface area contributed by atoms with E-state index in [1.54, 1.807) is 11.3 Å². The number of anilines is 1. The Morgan fingerprint density at radius 3 is 2.88 bits per heavy atom. The van der Waals surface area contributed by atoms with Crippen molar-refractivity contribution in [3.05, 3.63) is 28.4 Å². The number of thiophene rings is 1. The van der Waals surface area contributed by atoms with Gasteiger partial charge >= 0.3 is 0 Å². The number of rotatable bonds is 9. The van der Waals surface area contributed by atoms with Gasteiger partial charge < -0.3 is 9.84 Å². The van der Waals surface area contributed by atoms with Gasteiger partial charge in [0, 0.05) is 18.8 Å². The van der Waals surface area contributed by atoms with E-state index in [9.17, 15) is 4.79 Å². The summed E-state index contributed by atoms with van der Waals surface area (Å²) < 4.78 is 5.24. The predicted octanol–water partition coefficient (Wildman–Crippen LogP) is 4.51. The topological polar surface area (TPSA) is 93.8 Å². The SMILES string of the molecule is CCC(CC)c1nnc(NC(=O)CCCc2nc(-c3cccs3)no2)s1. The molecule has 0 radical (unpaired) electrons. The molecule has 3 heterocycles.